The molecule has 0 spiro atoms. The fourth-order valence-electron chi connectivity index (χ4n) is 2.08. The number of hydrogen-bond donors (Lipinski definition) is 0. The minimum atomic E-state index is 0.632. The molecule has 1 nitrogen and oxygen atoms in total. The summed E-state index contributed by atoms with van der Waals surface area (Å²) >= 11 is 15.5. The zero-order chi connectivity index (χ0) is 16.9. The first kappa shape index (κ1) is 17.3. The third-order valence-electron chi connectivity index (χ3n) is 3.21. The van der Waals surface area contributed by atoms with Gasteiger partial charge in [0.1, 0.15) is 6.07 Å². The summed E-state index contributed by atoms with van der Waals surface area (Å²) in [6.07, 6.45) is 0. The van der Waals surface area contributed by atoms with Gasteiger partial charge in [-0.3, -0.25) is 0 Å². The second-order valence-corrected chi connectivity index (χ2v) is 7.79. The average Bonchev–Trinajstić information content (AvgIpc) is 2.59. The summed E-state index contributed by atoms with van der Waals surface area (Å²) < 4.78 is 0. The van der Waals surface area contributed by atoms with E-state index < -0.39 is 0 Å². The molecule has 3 rings (SSSR count). The van der Waals surface area contributed by atoms with Gasteiger partial charge in [0.05, 0.1) is 15.6 Å². The Kier molecular flexibility index (Phi) is 5.76. The van der Waals surface area contributed by atoms with Crippen LogP contribution in [0.4, 0.5) is 0 Å². The maximum absolute atomic E-state index is 9.65. The zero-order valence-electron chi connectivity index (χ0n) is 12.4. The van der Waals surface area contributed by atoms with E-state index in [2.05, 4.69) is 6.07 Å². The third kappa shape index (κ3) is 3.91. The fraction of sp³-hybridized carbons (Fsp3) is 0. The summed E-state index contributed by atoms with van der Waals surface area (Å²) in [5, 5.41) is 11.0. The van der Waals surface area contributed by atoms with E-state index in [1.807, 2.05) is 66.7 Å². The van der Waals surface area contributed by atoms with Gasteiger partial charge >= 0.3 is 0 Å². The molecule has 3 aromatic rings. The summed E-state index contributed by atoms with van der Waals surface area (Å²) in [5.74, 6) is 0. The molecule has 0 heterocycles. The van der Waals surface area contributed by atoms with Crippen molar-refractivity contribution in [3.05, 3.63) is 82.3 Å². The quantitative estimate of drug-likeness (QED) is 0.473. The molecule has 0 fully saturated rings. The van der Waals surface area contributed by atoms with Gasteiger partial charge in [0.15, 0.2) is 0 Å². The Bertz CT molecular complexity index is 853. The van der Waals surface area contributed by atoms with E-state index >= 15 is 0 Å². The lowest BCUT2D eigenvalue weighted by Gasteiger charge is -2.10. The molecule has 0 saturated heterocycles. The minimum Gasteiger partial charge on any atom is -0.192 e. The molecule has 24 heavy (non-hydrogen) atoms. The first-order valence-corrected chi connectivity index (χ1v) is 9.46. The molecule has 0 aliphatic heterocycles. The molecule has 0 aliphatic carbocycles. The second-order valence-electron chi connectivity index (χ2n) is 4.81. The van der Waals surface area contributed by atoms with Gasteiger partial charge in [-0.05, 0) is 36.4 Å². The van der Waals surface area contributed by atoms with Gasteiger partial charge in [0.2, 0.25) is 0 Å². The van der Waals surface area contributed by atoms with Crippen LogP contribution < -0.4 is 0 Å². The van der Waals surface area contributed by atoms with Gasteiger partial charge in [-0.1, -0.05) is 77.1 Å². The molecule has 3 aromatic carbocycles. The lowest BCUT2D eigenvalue weighted by atomic mass is 10.2. The Balaban J connectivity index is 1.97. The Morgan fingerprint density at radius 1 is 0.625 bits per heavy atom. The SMILES string of the molecule is N#Cc1c(Sc2ccccc2Cl)cccc1Sc1ccccc1Cl. The van der Waals surface area contributed by atoms with Crippen LogP contribution in [0.3, 0.4) is 0 Å². The monoisotopic (exact) mass is 387 g/mol. The summed E-state index contributed by atoms with van der Waals surface area (Å²) in [6.45, 7) is 0. The van der Waals surface area contributed by atoms with Crippen LogP contribution in [-0.2, 0) is 0 Å². The molecule has 0 amide bonds. The van der Waals surface area contributed by atoms with E-state index in [9.17, 15) is 5.26 Å². The van der Waals surface area contributed by atoms with Crippen molar-refractivity contribution in [1.29, 1.82) is 5.26 Å². The fourth-order valence-corrected chi connectivity index (χ4v) is 4.56. The van der Waals surface area contributed by atoms with Crippen molar-refractivity contribution < 1.29 is 0 Å². The number of nitrogens with zero attached hydrogens (tertiary/aromatic N) is 1. The van der Waals surface area contributed by atoms with E-state index in [4.69, 9.17) is 23.2 Å². The highest BCUT2D eigenvalue weighted by Gasteiger charge is 2.13. The van der Waals surface area contributed by atoms with E-state index in [0.29, 0.717) is 15.6 Å². The van der Waals surface area contributed by atoms with Crippen molar-refractivity contribution in [2.24, 2.45) is 0 Å². The highest BCUT2D eigenvalue weighted by atomic mass is 35.5. The Morgan fingerprint density at radius 3 is 1.46 bits per heavy atom. The molecule has 0 radical (unpaired) electrons. The van der Waals surface area contributed by atoms with Crippen LogP contribution in [0, 0.1) is 11.3 Å². The molecule has 0 N–H and O–H groups in total. The predicted octanol–water partition coefficient (Wildman–Crippen LogP) is 7.17. The molecule has 0 bridgehead atoms. The zero-order valence-corrected chi connectivity index (χ0v) is 15.5. The summed E-state index contributed by atoms with van der Waals surface area (Å²) in [7, 11) is 0. The van der Waals surface area contributed by atoms with Crippen LogP contribution in [0.5, 0.6) is 0 Å². The van der Waals surface area contributed by atoms with Gasteiger partial charge in [-0.15, -0.1) is 0 Å². The molecular formula is C19H11Cl2NS2. The Hall–Kier alpha value is -1.57. The summed E-state index contributed by atoms with van der Waals surface area (Å²) in [6, 6.07) is 23.4. The number of halogens is 2. The van der Waals surface area contributed by atoms with Crippen molar-refractivity contribution in [3.8, 4) is 6.07 Å². The van der Waals surface area contributed by atoms with Crippen molar-refractivity contribution in [2.75, 3.05) is 0 Å². The molecule has 0 aromatic heterocycles. The molecular weight excluding hydrogens is 377 g/mol. The van der Waals surface area contributed by atoms with Crippen LogP contribution in [-0.4, -0.2) is 0 Å². The van der Waals surface area contributed by atoms with E-state index in [1.165, 1.54) is 23.5 Å². The van der Waals surface area contributed by atoms with Gasteiger partial charge in [-0.25, -0.2) is 0 Å². The van der Waals surface area contributed by atoms with E-state index in [1.54, 1.807) is 0 Å². The van der Waals surface area contributed by atoms with Crippen molar-refractivity contribution in [2.45, 2.75) is 19.6 Å². The standard InChI is InChI=1S/C19H11Cl2NS2/c20-14-6-1-3-8-18(14)23-16-10-5-11-17(13(16)12-22)24-19-9-4-2-7-15(19)21/h1-11H. The maximum Gasteiger partial charge on any atom is 0.102 e. The van der Waals surface area contributed by atoms with E-state index in [-0.39, 0.29) is 0 Å². The highest BCUT2D eigenvalue weighted by molar-refractivity contribution is 8.00. The summed E-state index contributed by atoms with van der Waals surface area (Å²) in [4.78, 5) is 3.61. The first-order chi connectivity index (χ1) is 11.7. The van der Waals surface area contributed by atoms with E-state index in [0.717, 1.165) is 19.6 Å². The van der Waals surface area contributed by atoms with Crippen LogP contribution in [0.15, 0.2) is 86.3 Å². The van der Waals surface area contributed by atoms with Crippen LogP contribution >= 0.6 is 46.7 Å². The second kappa shape index (κ2) is 8.00. The lowest BCUT2D eigenvalue weighted by Crippen LogP contribution is -1.87. The number of rotatable bonds is 4. The smallest absolute Gasteiger partial charge is 0.102 e. The van der Waals surface area contributed by atoms with Gasteiger partial charge in [0.25, 0.3) is 0 Å². The number of benzene rings is 3. The highest BCUT2D eigenvalue weighted by Crippen LogP contribution is 2.40. The minimum absolute atomic E-state index is 0.632. The van der Waals surface area contributed by atoms with Gasteiger partial charge in [0, 0.05) is 19.6 Å². The van der Waals surface area contributed by atoms with Crippen LogP contribution in [0.2, 0.25) is 10.0 Å². The molecule has 0 saturated carbocycles. The molecule has 0 unspecified atom stereocenters. The molecule has 0 aliphatic rings. The van der Waals surface area contributed by atoms with Crippen molar-refractivity contribution in [3.63, 3.8) is 0 Å². The molecule has 118 valence electrons. The average molecular weight is 388 g/mol. The maximum atomic E-state index is 9.65. The normalized spacial score (nSPS) is 10.4. The summed E-state index contributed by atoms with van der Waals surface area (Å²) in [5.41, 5.74) is 0.632. The number of hydrogen-bond acceptors (Lipinski definition) is 3. The number of nitriles is 1. The first-order valence-electron chi connectivity index (χ1n) is 7.07. The Morgan fingerprint density at radius 2 is 1.04 bits per heavy atom. The lowest BCUT2D eigenvalue weighted by molar-refractivity contribution is 1.25. The molecule has 5 heteroatoms. The topological polar surface area (TPSA) is 23.8 Å². The third-order valence-corrected chi connectivity index (χ3v) is 6.37. The van der Waals surface area contributed by atoms with Crippen molar-refractivity contribution >= 4 is 46.7 Å². The largest absolute Gasteiger partial charge is 0.192 e. The van der Waals surface area contributed by atoms with Gasteiger partial charge < -0.3 is 0 Å². The molecule has 0 atom stereocenters. The predicted molar refractivity (Wildman–Crippen MR) is 102 cm³/mol. The van der Waals surface area contributed by atoms with Crippen LogP contribution in [0.25, 0.3) is 0 Å². The van der Waals surface area contributed by atoms with Crippen LogP contribution in [0.1, 0.15) is 5.56 Å². The van der Waals surface area contributed by atoms with Crippen molar-refractivity contribution in [1.82, 2.24) is 0 Å². The van der Waals surface area contributed by atoms with Gasteiger partial charge in [-0.2, -0.15) is 5.26 Å². The Labute approximate surface area is 159 Å².